The average Bonchev–Trinajstić information content (AvgIpc) is 3.26. The molecule has 0 spiro atoms. The standard InChI is InChI=1S/C30H23FI2N2O4S/c1-3-23-25(29(37)38-2)26(19-7-5-4-6-8-19)35-28(36)24(40-30(35)34-23)15-18-13-21(32)27(22(33)14-18)39-16-17-9-11-20(31)12-10-17/h4-15,26H,3,16H2,1-2H3/b24-15-/t26-/m1/s1. The number of halogens is 3. The largest absolute Gasteiger partial charge is 0.487 e. The monoisotopic (exact) mass is 780 g/mol. The Morgan fingerprint density at radius 3 is 2.40 bits per heavy atom. The number of carbonyl (C=O) groups excluding carboxylic acids is 1. The van der Waals surface area contributed by atoms with Gasteiger partial charge in [0.2, 0.25) is 0 Å². The van der Waals surface area contributed by atoms with Crippen LogP contribution in [-0.4, -0.2) is 17.6 Å². The molecule has 6 nitrogen and oxygen atoms in total. The van der Waals surface area contributed by atoms with E-state index in [2.05, 4.69) is 45.2 Å². The summed E-state index contributed by atoms with van der Waals surface area (Å²) in [6, 6.07) is 18.9. The van der Waals surface area contributed by atoms with Crippen LogP contribution in [0.1, 0.15) is 36.1 Å². The summed E-state index contributed by atoms with van der Waals surface area (Å²) < 4.78 is 28.2. The SMILES string of the molecule is CCC1=C(C(=O)OC)[C@@H](c2ccccc2)n2c(s/c(=C\c3cc(I)c(OCc4ccc(F)cc4)c(I)c3)c2=O)=N1. The lowest BCUT2D eigenvalue weighted by Crippen LogP contribution is -2.40. The Bertz CT molecular complexity index is 1780. The normalized spacial score (nSPS) is 15.0. The summed E-state index contributed by atoms with van der Waals surface area (Å²) in [5.41, 5.74) is 3.28. The first kappa shape index (κ1) is 28.7. The number of hydrogen-bond acceptors (Lipinski definition) is 6. The Morgan fingerprint density at radius 1 is 1.10 bits per heavy atom. The molecule has 1 atom stereocenters. The van der Waals surface area contributed by atoms with Crippen molar-refractivity contribution in [3.63, 3.8) is 0 Å². The summed E-state index contributed by atoms with van der Waals surface area (Å²) in [4.78, 5) is 32.0. The van der Waals surface area contributed by atoms with Crippen LogP contribution in [0.15, 0.2) is 87.8 Å². The number of thiazole rings is 1. The second-order valence-corrected chi connectivity index (χ2v) is 12.3. The summed E-state index contributed by atoms with van der Waals surface area (Å²) in [6.07, 6.45) is 2.36. The highest BCUT2D eigenvalue weighted by atomic mass is 127. The van der Waals surface area contributed by atoms with Gasteiger partial charge in [-0.25, -0.2) is 14.2 Å². The molecule has 4 aromatic rings. The number of methoxy groups -OCH3 is 1. The maximum absolute atomic E-state index is 13.8. The number of esters is 1. The van der Waals surface area contributed by atoms with Crippen molar-refractivity contribution in [2.75, 3.05) is 7.11 Å². The highest BCUT2D eigenvalue weighted by Crippen LogP contribution is 2.32. The molecule has 0 radical (unpaired) electrons. The number of carbonyl (C=O) groups is 1. The molecule has 0 bridgehead atoms. The van der Waals surface area contributed by atoms with Crippen molar-refractivity contribution >= 4 is 68.6 Å². The third-order valence-corrected chi connectivity index (χ3v) is 8.97. The highest BCUT2D eigenvalue weighted by Gasteiger charge is 2.33. The first-order valence-corrected chi connectivity index (χ1v) is 15.3. The number of allylic oxidation sites excluding steroid dienone is 1. The van der Waals surface area contributed by atoms with E-state index in [-0.39, 0.29) is 11.4 Å². The molecule has 1 aromatic heterocycles. The zero-order chi connectivity index (χ0) is 28.4. The van der Waals surface area contributed by atoms with Crippen LogP contribution >= 0.6 is 56.5 Å². The van der Waals surface area contributed by atoms with Gasteiger partial charge >= 0.3 is 5.97 Å². The first-order chi connectivity index (χ1) is 19.3. The van der Waals surface area contributed by atoms with Crippen molar-refractivity contribution in [2.45, 2.75) is 26.0 Å². The lowest BCUT2D eigenvalue weighted by atomic mass is 9.95. The van der Waals surface area contributed by atoms with E-state index in [0.29, 0.717) is 33.6 Å². The minimum absolute atomic E-state index is 0.226. The molecule has 40 heavy (non-hydrogen) atoms. The molecule has 0 unspecified atom stereocenters. The van der Waals surface area contributed by atoms with Gasteiger partial charge in [-0.15, -0.1) is 0 Å². The van der Waals surface area contributed by atoms with Crippen molar-refractivity contribution < 1.29 is 18.7 Å². The fraction of sp³-hybridized carbons (Fsp3) is 0.167. The molecule has 0 aliphatic carbocycles. The second kappa shape index (κ2) is 12.4. The van der Waals surface area contributed by atoms with Gasteiger partial charge in [-0.2, -0.15) is 0 Å². The van der Waals surface area contributed by atoms with Gasteiger partial charge in [0, 0.05) is 0 Å². The van der Waals surface area contributed by atoms with Gasteiger partial charge in [-0.3, -0.25) is 9.36 Å². The van der Waals surface area contributed by atoms with Crippen LogP contribution in [0.2, 0.25) is 0 Å². The molecule has 1 aliphatic heterocycles. The smallest absolute Gasteiger partial charge is 0.338 e. The molecule has 1 aliphatic rings. The summed E-state index contributed by atoms with van der Waals surface area (Å²) in [5, 5.41) is 0. The van der Waals surface area contributed by atoms with Gasteiger partial charge in [-0.1, -0.05) is 60.7 Å². The third kappa shape index (κ3) is 5.79. The predicted octanol–water partition coefficient (Wildman–Crippen LogP) is 5.73. The van der Waals surface area contributed by atoms with E-state index >= 15 is 0 Å². The quantitative estimate of drug-likeness (QED) is 0.178. The molecular formula is C30H23FI2N2O4S. The predicted molar refractivity (Wildman–Crippen MR) is 169 cm³/mol. The molecule has 0 amide bonds. The van der Waals surface area contributed by atoms with Crippen molar-refractivity contribution in [3.05, 3.63) is 127 Å². The summed E-state index contributed by atoms with van der Waals surface area (Å²) in [7, 11) is 1.34. The van der Waals surface area contributed by atoms with E-state index in [1.807, 2.05) is 55.5 Å². The lowest BCUT2D eigenvalue weighted by Gasteiger charge is -2.25. The number of fused-ring (bicyclic) bond motifs is 1. The Hall–Kier alpha value is -2.84. The van der Waals surface area contributed by atoms with Gasteiger partial charge in [0.1, 0.15) is 18.2 Å². The average molecular weight is 780 g/mol. The Morgan fingerprint density at radius 2 is 1.77 bits per heavy atom. The van der Waals surface area contributed by atoms with Gasteiger partial charge in [-0.05, 0) is 98.6 Å². The van der Waals surface area contributed by atoms with E-state index < -0.39 is 12.0 Å². The van der Waals surface area contributed by atoms with Gasteiger partial charge in [0.25, 0.3) is 5.56 Å². The van der Waals surface area contributed by atoms with Crippen molar-refractivity contribution in [1.82, 2.24) is 4.57 Å². The van der Waals surface area contributed by atoms with E-state index in [1.165, 1.54) is 30.6 Å². The number of nitrogens with zero attached hydrogens (tertiary/aromatic N) is 2. The van der Waals surface area contributed by atoms with Crippen molar-refractivity contribution in [3.8, 4) is 5.75 Å². The van der Waals surface area contributed by atoms with E-state index in [1.54, 1.807) is 16.7 Å². The van der Waals surface area contributed by atoms with Crippen LogP contribution in [0.25, 0.3) is 6.08 Å². The highest BCUT2D eigenvalue weighted by molar-refractivity contribution is 14.1. The van der Waals surface area contributed by atoms with Crippen LogP contribution in [0.4, 0.5) is 4.39 Å². The van der Waals surface area contributed by atoms with E-state index in [0.717, 1.165) is 29.6 Å². The van der Waals surface area contributed by atoms with Gasteiger partial charge < -0.3 is 9.47 Å². The molecule has 3 aromatic carbocycles. The fourth-order valence-corrected chi connectivity index (χ4v) is 7.65. The first-order valence-electron chi connectivity index (χ1n) is 12.3. The maximum atomic E-state index is 13.8. The maximum Gasteiger partial charge on any atom is 0.338 e. The summed E-state index contributed by atoms with van der Waals surface area (Å²) in [6.45, 7) is 2.24. The summed E-state index contributed by atoms with van der Waals surface area (Å²) in [5.74, 6) is -0.0577. The number of hydrogen-bond donors (Lipinski definition) is 0. The van der Waals surface area contributed by atoms with E-state index in [4.69, 9.17) is 14.5 Å². The van der Waals surface area contributed by atoms with Crippen molar-refractivity contribution in [1.29, 1.82) is 0 Å². The van der Waals surface area contributed by atoms with Gasteiger partial charge in [0.15, 0.2) is 4.80 Å². The number of ether oxygens (including phenoxy) is 2. The minimum Gasteiger partial charge on any atom is -0.487 e. The molecule has 204 valence electrons. The third-order valence-electron chi connectivity index (χ3n) is 6.38. The molecule has 10 heteroatoms. The van der Waals surface area contributed by atoms with E-state index in [9.17, 15) is 14.0 Å². The molecule has 0 saturated heterocycles. The van der Waals surface area contributed by atoms with Crippen LogP contribution in [0.5, 0.6) is 5.75 Å². The lowest BCUT2D eigenvalue weighted by molar-refractivity contribution is -0.136. The molecule has 2 heterocycles. The fourth-order valence-electron chi connectivity index (χ4n) is 4.50. The number of benzene rings is 3. The molecule has 0 N–H and O–H groups in total. The minimum atomic E-state index is -0.635. The Labute approximate surface area is 261 Å². The zero-order valence-corrected chi connectivity index (χ0v) is 26.6. The molecule has 5 rings (SSSR count). The van der Waals surface area contributed by atoms with Crippen LogP contribution in [-0.2, 0) is 16.1 Å². The zero-order valence-electron chi connectivity index (χ0n) is 21.5. The van der Waals surface area contributed by atoms with Crippen LogP contribution in [0, 0.1) is 13.0 Å². The van der Waals surface area contributed by atoms with Gasteiger partial charge in [0.05, 0.1) is 36.1 Å². The Kier molecular flexibility index (Phi) is 8.86. The second-order valence-electron chi connectivity index (χ2n) is 8.93. The van der Waals surface area contributed by atoms with Crippen LogP contribution in [0.3, 0.4) is 0 Å². The Balaban J connectivity index is 1.56. The number of aromatic nitrogens is 1. The molecular weight excluding hydrogens is 757 g/mol. The topological polar surface area (TPSA) is 69.9 Å². The van der Waals surface area contributed by atoms with Crippen molar-refractivity contribution in [2.24, 2.45) is 4.99 Å². The number of rotatable bonds is 7. The molecule has 0 saturated carbocycles. The molecule has 0 fully saturated rings. The summed E-state index contributed by atoms with van der Waals surface area (Å²) >= 11 is 5.72. The van der Waals surface area contributed by atoms with Crippen LogP contribution < -0.4 is 19.6 Å².